The molecule has 0 aliphatic heterocycles. The van der Waals surface area contributed by atoms with Crippen molar-refractivity contribution < 1.29 is 4.92 Å². The second-order valence-electron chi connectivity index (χ2n) is 6.86. The smallest absolute Gasteiger partial charge is 0.303 e. The summed E-state index contributed by atoms with van der Waals surface area (Å²) in [5.41, 5.74) is 2.79. The molecule has 2 N–H and O–H groups in total. The van der Waals surface area contributed by atoms with Crippen LogP contribution in [0.25, 0.3) is 11.2 Å². The largest absolute Gasteiger partial charge is 0.329 e. The summed E-state index contributed by atoms with van der Waals surface area (Å²) < 4.78 is 2.97. The molecule has 3 aromatic rings. The summed E-state index contributed by atoms with van der Waals surface area (Å²) in [6, 6.07) is 6.04. The first-order chi connectivity index (χ1) is 14.4. The Morgan fingerprint density at radius 1 is 1.30 bits per heavy atom. The number of anilines is 1. The summed E-state index contributed by atoms with van der Waals surface area (Å²) in [5.74, 6) is 0.315. The third kappa shape index (κ3) is 4.45. The maximum atomic E-state index is 12.4. The molecule has 0 unspecified atom stereocenters. The van der Waals surface area contributed by atoms with E-state index in [-0.39, 0.29) is 11.3 Å². The Labute approximate surface area is 171 Å². The molecule has 2 heterocycles. The number of fused-ring (bicyclic) bond motifs is 1. The number of nitro benzene ring substituents is 1. The molecule has 0 bridgehead atoms. The van der Waals surface area contributed by atoms with Crippen molar-refractivity contribution in [3.8, 4) is 0 Å². The van der Waals surface area contributed by atoms with E-state index in [0.717, 1.165) is 25.7 Å². The lowest BCUT2D eigenvalue weighted by Gasteiger charge is -2.07. The number of H-pyrrole nitrogens is 1. The van der Waals surface area contributed by atoms with Gasteiger partial charge in [0.25, 0.3) is 11.2 Å². The minimum Gasteiger partial charge on any atom is -0.303 e. The first kappa shape index (κ1) is 21.0. The summed E-state index contributed by atoms with van der Waals surface area (Å²) >= 11 is 0. The summed E-state index contributed by atoms with van der Waals surface area (Å²) in [7, 11) is 1.53. The summed E-state index contributed by atoms with van der Waals surface area (Å²) in [5, 5.41) is 15.0. The van der Waals surface area contributed by atoms with Crippen molar-refractivity contribution in [3.63, 3.8) is 0 Å². The molecule has 3 rings (SSSR count). The van der Waals surface area contributed by atoms with Crippen LogP contribution in [0.2, 0.25) is 0 Å². The van der Waals surface area contributed by atoms with E-state index in [2.05, 4.69) is 27.4 Å². The van der Waals surface area contributed by atoms with Gasteiger partial charge in [-0.05, 0) is 6.42 Å². The number of hydrogen-bond acceptors (Lipinski definition) is 7. The fourth-order valence-corrected chi connectivity index (χ4v) is 3.12. The first-order valence-corrected chi connectivity index (χ1v) is 9.65. The molecule has 0 saturated carbocycles. The molecule has 0 aliphatic carbocycles. The van der Waals surface area contributed by atoms with Crippen molar-refractivity contribution in [1.29, 1.82) is 0 Å². The van der Waals surface area contributed by atoms with E-state index in [1.54, 1.807) is 16.7 Å². The van der Waals surface area contributed by atoms with Crippen LogP contribution in [0.5, 0.6) is 0 Å². The number of unbranched alkanes of at least 4 members (excludes halogenated alkanes) is 3. The highest BCUT2D eigenvalue weighted by atomic mass is 16.6. The van der Waals surface area contributed by atoms with Gasteiger partial charge in [-0.2, -0.15) is 10.1 Å². The number of non-ortho nitro benzene ring substituents is 1. The Morgan fingerprint density at radius 2 is 2.10 bits per heavy atom. The minimum atomic E-state index is -0.547. The quantitative estimate of drug-likeness (QED) is 0.239. The van der Waals surface area contributed by atoms with Crippen molar-refractivity contribution in [2.75, 3.05) is 5.43 Å². The number of nitro groups is 1. The zero-order chi connectivity index (χ0) is 21.7. The number of aromatic amines is 1. The van der Waals surface area contributed by atoms with E-state index in [1.165, 1.54) is 30.0 Å². The molecule has 0 spiro atoms. The average Bonchev–Trinajstić information content (AvgIpc) is 3.09. The topological polar surface area (TPSA) is 140 Å². The molecule has 2 aromatic heterocycles. The number of rotatable bonds is 9. The highest BCUT2D eigenvalue weighted by Crippen LogP contribution is 2.17. The number of aromatic nitrogens is 4. The van der Waals surface area contributed by atoms with Crippen molar-refractivity contribution in [1.82, 2.24) is 19.1 Å². The second kappa shape index (κ2) is 9.16. The van der Waals surface area contributed by atoms with Crippen LogP contribution >= 0.6 is 0 Å². The Bertz CT molecular complexity index is 1210. The van der Waals surface area contributed by atoms with E-state index < -0.39 is 16.2 Å². The van der Waals surface area contributed by atoms with E-state index in [1.807, 2.05) is 0 Å². The summed E-state index contributed by atoms with van der Waals surface area (Å²) in [4.78, 5) is 41.4. The molecule has 30 heavy (non-hydrogen) atoms. The van der Waals surface area contributed by atoms with Crippen LogP contribution < -0.4 is 16.7 Å². The molecule has 11 nitrogen and oxygen atoms in total. The van der Waals surface area contributed by atoms with Crippen LogP contribution in [-0.2, 0) is 13.6 Å². The van der Waals surface area contributed by atoms with Gasteiger partial charge >= 0.3 is 5.69 Å². The fourth-order valence-electron chi connectivity index (χ4n) is 3.12. The normalized spacial score (nSPS) is 11.4. The molecule has 0 atom stereocenters. The molecule has 0 fully saturated rings. The highest BCUT2D eigenvalue weighted by Gasteiger charge is 2.16. The van der Waals surface area contributed by atoms with Gasteiger partial charge in [0.15, 0.2) is 11.2 Å². The van der Waals surface area contributed by atoms with Crippen molar-refractivity contribution >= 4 is 29.0 Å². The molecule has 0 aliphatic rings. The van der Waals surface area contributed by atoms with E-state index in [4.69, 9.17) is 0 Å². The number of imidazole rings is 1. The fraction of sp³-hybridized carbons (Fsp3) is 0.368. The zero-order valence-electron chi connectivity index (χ0n) is 16.8. The van der Waals surface area contributed by atoms with Crippen LogP contribution in [0.4, 0.5) is 11.6 Å². The number of hydrogen-bond donors (Lipinski definition) is 2. The maximum absolute atomic E-state index is 12.4. The molecule has 0 amide bonds. The summed E-state index contributed by atoms with van der Waals surface area (Å²) in [6.07, 6.45) is 5.42. The molecule has 11 heteroatoms. The van der Waals surface area contributed by atoms with Gasteiger partial charge in [0.2, 0.25) is 5.95 Å². The van der Waals surface area contributed by atoms with E-state index in [9.17, 15) is 19.7 Å². The van der Waals surface area contributed by atoms with Gasteiger partial charge in [-0.3, -0.25) is 24.5 Å². The van der Waals surface area contributed by atoms with Gasteiger partial charge in [-0.25, -0.2) is 10.2 Å². The number of nitrogens with one attached hydrogen (secondary N) is 2. The predicted molar refractivity (Wildman–Crippen MR) is 114 cm³/mol. The highest BCUT2D eigenvalue weighted by molar-refractivity contribution is 5.81. The van der Waals surface area contributed by atoms with Gasteiger partial charge in [-0.1, -0.05) is 38.3 Å². The Balaban J connectivity index is 1.93. The van der Waals surface area contributed by atoms with Gasteiger partial charge in [-0.15, -0.1) is 0 Å². The summed E-state index contributed by atoms with van der Waals surface area (Å²) in [6.45, 7) is 2.65. The molecule has 0 saturated heterocycles. The lowest BCUT2D eigenvalue weighted by atomic mass is 10.2. The Kier molecular flexibility index (Phi) is 6.40. The Hall–Kier alpha value is -3.76. The van der Waals surface area contributed by atoms with Crippen molar-refractivity contribution in [2.45, 2.75) is 39.2 Å². The first-order valence-electron chi connectivity index (χ1n) is 9.65. The molecule has 1 aromatic carbocycles. The van der Waals surface area contributed by atoms with Gasteiger partial charge in [0.05, 0.1) is 11.1 Å². The van der Waals surface area contributed by atoms with E-state index in [0.29, 0.717) is 23.6 Å². The van der Waals surface area contributed by atoms with Gasteiger partial charge in [0.1, 0.15) is 0 Å². The third-order valence-electron chi connectivity index (χ3n) is 4.70. The van der Waals surface area contributed by atoms with Crippen LogP contribution in [-0.4, -0.2) is 30.2 Å². The van der Waals surface area contributed by atoms with Crippen LogP contribution in [0.15, 0.2) is 39.0 Å². The van der Waals surface area contributed by atoms with E-state index >= 15 is 0 Å². The van der Waals surface area contributed by atoms with Gasteiger partial charge < -0.3 is 4.57 Å². The standard InChI is InChI=1S/C19H23N7O4/c1-3-4-5-6-10-25-15-16(24(2)19(28)22-17(15)27)21-18(25)23-20-12-13-8-7-9-14(11-13)26(29)30/h7-9,11-12H,3-6,10H2,1-2H3,(H,21,23)(H,22,27,28)/b20-12+. The lowest BCUT2D eigenvalue weighted by molar-refractivity contribution is -0.384. The molecule has 0 radical (unpaired) electrons. The predicted octanol–water partition coefficient (Wildman–Crippen LogP) is 2.36. The van der Waals surface area contributed by atoms with Crippen molar-refractivity contribution in [2.24, 2.45) is 12.1 Å². The molecular formula is C19H23N7O4. The number of hydrazone groups is 1. The van der Waals surface area contributed by atoms with Crippen LogP contribution in [0, 0.1) is 10.1 Å². The Morgan fingerprint density at radius 3 is 2.83 bits per heavy atom. The monoisotopic (exact) mass is 413 g/mol. The SMILES string of the molecule is CCCCCCn1c(N/N=C/c2cccc([N+](=O)[O-])c2)nc2c1c(=O)[nH]c(=O)n2C. The van der Waals surface area contributed by atoms with Gasteiger partial charge in [0, 0.05) is 31.3 Å². The third-order valence-corrected chi connectivity index (χ3v) is 4.70. The number of nitrogens with zero attached hydrogens (tertiary/aromatic N) is 5. The minimum absolute atomic E-state index is 0.0383. The molecular weight excluding hydrogens is 390 g/mol. The zero-order valence-corrected chi connectivity index (χ0v) is 16.8. The number of aryl methyl sites for hydroxylation is 2. The van der Waals surface area contributed by atoms with Crippen LogP contribution in [0.1, 0.15) is 38.2 Å². The van der Waals surface area contributed by atoms with Crippen LogP contribution in [0.3, 0.4) is 0 Å². The number of benzene rings is 1. The second-order valence-corrected chi connectivity index (χ2v) is 6.86. The maximum Gasteiger partial charge on any atom is 0.329 e. The average molecular weight is 413 g/mol. The lowest BCUT2D eigenvalue weighted by Crippen LogP contribution is -2.29. The molecule has 158 valence electrons. The van der Waals surface area contributed by atoms with Crippen molar-refractivity contribution in [3.05, 3.63) is 60.8 Å².